The third-order valence-corrected chi connectivity index (χ3v) is 4.84. The van der Waals surface area contributed by atoms with Crippen LogP contribution in [0.25, 0.3) is 0 Å². The molecule has 1 N–H and O–H groups in total. The number of nitrogens with zero attached hydrogens (tertiary/aromatic N) is 4. The van der Waals surface area contributed by atoms with Gasteiger partial charge in [-0.25, -0.2) is 9.78 Å². The van der Waals surface area contributed by atoms with Crippen LogP contribution in [0.4, 0.5) is 4.79 Å². The van der Waals surface area contributed by atoms with Crippen LogP contribution in [0.5, 0.6) is 0 Å². The fourth-order valence-electron chi connectivity index (χ4n) is 2.86. The minimum absolute atomic E-state index is 0.229. The highest BCUT2D eigenvalue weighted by Crippen LogP contribution is 2.19. The highest BCUT2D eigenvalue weighted by molar-refractivity contribution is 7.11. The van der Waals surface area contributed by atoms with Crippen LogP contribution in [-0.4, -0.2) is 64.7 Å². The standard InChI is InChI=1S/C16H25N5O2S/c1-11-7-17-13(24-11)9-19-14-18-8-12-10-20(5-6-21(12)14)15(22)23-16(2,3)4/h7,12H,5-6,8-10H2,1-4H3,(H,18,19). The number of aryl methyl sites for hydroxylation is 1. The predicted molar refractivity (Wildman–Crippen MR) is 94.3 cm³/mol. The summed E-state index contributed by atoms with van der Waals surface area (Å²) in [6, 6.07) is 0.229. The summed E-state index contributed by atoms with van der Waals surface area (Å²) >= 11 is 1.69. The molecule has 8 heteroatoms. The molecule has 3 rings (SSSR count). The highest BCUT2D eigenvalue weighted by atomic mass is 32.1. The second-order valence-corrected chi connectivity index (χ2v) is 8.48. The molecule has 3 heterocycles. The van der Waals surface area contributed by atoms with Gasteiger partial charge in [0, 0.05) is 30.7 Å². The summed E-state index contributed by atoms with van der Waals surface area (Å²) in [6.45, 7) is 11.2. The number of guanidine groups is 1. The minimum Gasteiger partial charge on any atom is -0.444 e. The Morgan fingerprint density at radius 1 is 1.46 bits per heavy atom. The lowest BCUT2D eigenvalue weighted by molar-refractivity contribution is 0.0137. The third kappa shape index (κ3) is 3.98. The van der Waals surface area contributed by atoms with Gasteiger partial charge in [-0.05, 0) is 27.7 Å². The number of ether oxygens (including phenoxy) is 1. The molecule has 1 aromatic rings. The van der Waals surface area contributed by atoms with Crippen molar-refractivity contribution in [2.45, 2.75) is 45.9 Å². The van der Waals surface area contributed by atoms with Crippen molar-refractivity contribution in [2.24, 2.45) is 4.99 Å². The van der Waals surface area contributed by atoms with E-state index in [4.69, 9.17) is 4.74 Å². The minimum atomic E-state index is -0.459. The first-order valence-corrected chi connectivity index (χ1v) is 9.08. The Hall–Kier alpha value is -1.83. The second-order valence-electron chi connectivity index (χ2n) is 7.16. The van der Waals surface area contributed by atoms with Crippen molar-refractivity contribution in [1.29, 1.82) is 0 Å². The molecule has 2 aliphatic heterocycles. The molecular weight excluding hydrogens is 326 g/mol. The number of amides is 1. The summed E-state index contributed by atoms with van der Waals surface area (Å²) in [4.78, 5) is 26.4. The molecule has 0 spiro atoms. The number of hydrogen-bond donors (Lipinski definition) is 1. The van der Waals surface area contributed by atoms with E-state index < -0.39 is 5.60 Å². The maximum atomic E-state index is 12.2. The van der Waals surface area contributed by atoms with E-state index in [0.29, 0.717) is 26.2 Å². The van der Waals surface area contributed by atoms with Crippen molar-refractivity contribution in [3.05, 3.63) is 16.1 Å². The van der Waals surface area contributed by atoms with Crippen LogP contribution >= 0.6 is 11.3 Å². The van der Waals surface area contributed by atoms with Gasteiger partial charge in [-0.1, -0.05) is 0 Å². The Labute approximate surface area is 146 Å². The summed E-state index contributed by atoms with van der Waals surface area (Å²) < 4.78 is 5.47. The van der Waals surface area contributed by atoms with Crippen LogP contribution in [0.15, 0.2) is 11.2 Å². The van der Waals surface area contributed by atoms with Gasteiger partial charge in [0.2, 0.25) is 0 Å². The van der Waals surface area contributed by atoms with E-state index in [1.54, 1.807) is 16.2 Å². The molecular formula is C16H25N5O2S. The maximum absolute atomic E-state index is 12.2. The van der Waals surface area contributed by atoms with Crippen LogP contribution in [0.3, 0.4) is 0 Å². The highest BCUT2D eigenvalue weighted by Gasteiger charge is 2.36. The zero-order valence-electron chi connectivity index (χ0n) is 14.7. The average molecular weight is 351 g/mol. The van der Waals surface area contributed by atoms with Gasteiger partial charge in [0.25, 0.3) is 0 Å². The normalized spacial score (nSPS) is 20.7. The van der Waals surface area contributed by atoms with E-state index in [1.165, 1.54) is 4.88 Å². The Balaban J connectivity index is 1.52. The number of aromatic nitrogens is 1. The number of thiazole rings is 1. The number of carbonyl (C=O) groups excluding carboxylic acids is 1. The lowest BCUT2D eigenvalue weighted by Gasteiger charge is -2.39. The smallest absolute Gasteiger partial charge is 0.410 e. The number of rotatable bonds is 2. The molecule has 1 fully saturated rings. The average Bonchev–Trinajstić information content (AvgIpc) is 3.08. The van der Waals surface area contributed by atoms with Gasteiger partial charge in [0.1, 0.15) is 10.6 Å². The molecule has 0 aromatic carbocycles. The molecule has 0 saturated carbocycles. The summed E-state index contributed by atoms with van der Waals surface area (Å²) in [7, 11) is 0. The third-order valence-electron chi connectivity index (χ3n) is 3.93. The van der Waals surface area contributed by atoms with Crippen molar-refractivity contribution in [1.82, 2.24) is 20.1 Å². The summed E-state index contributed by atoms with van der Waals surface area (Å²) in [5, 5.41) is 4.44. The zero-order chi connectivity index (χ0) is 17.3. The zero-order valence-corrected chi connectivity index (χ0v) is 15.5. The van der Waals surface area contributed by atoms with E-state index in [9.17, 15) is 4.79 Å². The molecule has 0 radical (unpaired) electrons. The fraction of sp³-hybridized carbons (Fsp3) is 0.688. The van der Waals surface area contributed by atoms with Crippen molar-refractivity contribution < 1.29 is 9.53 Å². The molecule has 1 aromatic heterocycles. The first-order valence-electron chi connectivity index (χ1n) is 8.26. The van der Waals surface area contributed by atoms with Crippen LogP contribution in [0.2, 0.25) is 0 Å². The molecule has 1 saturated heterocycles. The van der Waals surface area contributed by atoms with Crippen LogP contribution in [0.1, 0.15) is 30.7 Å². The number of aliphatic imine (C=N–C) groups is 1. The van der Waals surface area contributed by atoms with Crippen molar-refractivity contribution in [3.8, 4) is 0 Å². The van der Waals surface area contributed by atoms with Crippen molar-refractivity contribution in [2.75, 3.05) is 26.2 Å². The Bertz CT molecular complexity index is 637. The lowest BCUT2D eigenvalue weighted by Crippen LogP contribution is -2.57. The number of piperazine rings is 1. The second kappa shape index (κ2) is 6.58. The van der Waals surface area contributed by atoms with Gasteiger partial charge >= 0.3 is 6.09 Å². The predicted octanol–water partition coefficient (Wildman–Crippen LogP) is 1.83. The summed E-state index contributed by atoms with van der Waals surface area (Å²) in [5.74, 6) is 0.914. The van der Waals surface area contributed by atoms with E-state index in [2.05, 4.69) is 27.1 Å². The number of nitrogens with one attached hydrogen (secondary N) is 1. The molecule has 7 nitrogen and oxygen atoms in total. The topological polar surface area (TPSA) is 70.1 Å². The Kier molecular flexibility index (Phi) is 4.67. The van der Waals surface area contributed by atoms with Gasteiger partial charge < -0.3 is 19.9 Å². The largest absolute Gasteiger partial charge is 0.444 e. The Morgan fingerprint density at radius 2 is 2.25 bits per heavy atom. The van der Waals surface area contributed by atoms with E-state index >= 15 is 0 Å². The van der Waals surface area contributed by atoms with Gasteiger partial charge in [0.15, 0.2) is 5.96 Å². The molecule has 1 amide bonds. The summed E-state index contributed by atoms with van der Waals surface area (Å²) in [5.41, 5.74) is -0.459. The number of hydrogen-bond acceptors (Lipinski definition) is 7. The molecule has 1 atom stereocenters. The molecule has 0 aliphatic carbocycles. The van der Waals surface area contributed by atoms with Gasteiger partial charge in [-0.15, -0.1) is 11.3 Å². The van der Waals surface area contributed by atoms with Gasteiger partial charge in [-0.3, -0.25) is 4.99 Å². The van der Waals surface area contributed by atoms with E-state index in [-0.39, 0.29) is 12.1 Å². The van der Waals surface area contributed by atoms with Crippen molar-refractivity contribution in [3.63, 3.8) is 0 Å². The van der Waals surface area contributed by atoms with E-state index in [1.807, 2.05) is 27.0 Å². The van der Waals surface area contributed by atoms with Crippen LogP contribution in [-0.2, 0) is 11.3 Å². The Morgan fingerprint density at radius 3 is 2.92 bits per heavy atom. The van der Waals surface area contributed by atoms with Gasteiger partial charge in [-0.2, -0.15) is 0 Å². The lowest BCUT2D eigenvalue weighted by atomic mass is 10.2. The molecule has 1 unspecified atom stereocenters. The van der Waals surface area contributed by atoms with Crippen LogP contribution in [0, 0.1) is 6.92 Å². The monoisotopic (exact) mass is 351 g/mol. The van der Waals surface area contributed by atoms with Gasteiger partial charge in [0.05, 0.1) is 19.1 Å². The first-order chi connectivity index (χ1) is 11.3. The first kappa shape index (κ1) is 17.0. The quantitative estimate of drug-likeness (QED) is 0.880. The van der Waals surface area contributed by atoms with Crippen LogP contribution < -0.4 is 5.32 Å². The fourth-order valence-corrected chi connectivity index (χ4v) is 3.59. The SMILES string of the molecule is Cc1cnc(CNC2=NCC3CN(C(=O)OC(C)(C)C)CCN23)s1. The molecule has 2 aliphatic rings. The van der Waals surface area contributed by atoms with E-state index in [0.717, 1.165) is 17.5 Å². The number of fused-ring (bicyclic) bond motifs is 1. The molecule has 132 valence electrons. The maximum Gasteiger partial charge on any atom is 0.410 e. The molecule has 24 heavy (non-hydrogen) atoms. The number of carbonyl (C=O) groups is 1. The summed E-state index contributed by atoms with van der Waals surface area (Å²) in [6.07, 6.45) is 1.66. The van der Waals surface area contributed by atoms with Crippen molar-refractivity contribution >= 4 is 23.4 Å². The molecule has 0 bridgehead atoms.